The Labute approximate surface area is 126 Å². The molecule has 1 amide bonds. The van der Waals surface area contributed by atoms with Gasteiger partial charge in [-0.15, -0.1) is 0 Å². The minimum atomic E-state index is 0.0486. The van der Waals surface area contributed by atoms with E-state index in [0.29, 0.717) is 12.5 Å². The van der Waals surface area contributed by atoms with Crippen LogP contribution in [-0.4, -0.2) is 26.2 Å². The van der Waals surface area contributed by atoms with Crippen LogP contribution in [0.15, 0.2) is 18.2 Å². The predicted octanol–water partition coefficient (Wildman–Crippen LogP) is 2.68. The van der Waals surface area contributed by atoms with Crippen LogP contribution in [0.2, 0.25) is 0 Å². The fourth-order valence-corrected chi connectivity index (χ4v) is 2.77. The third-order valence-corrected chi connectivity index (χ3v) is 4.39. The highest BCUT2D eigenvalue weighted by atomic mass is 16.5. The molecule has 1 atom stereocenters. The number of methoxy groups -OCH3 is 1. The number of carbonyl (C=O) groups excluding carboxylic acids is 1. The standard InChI is InChI=1S/C17H25NO3/c1-12-10-16(20-3)5-4-15(12)11-18-17(19)13(2)14-6-8-21-9-7-14/h4-5,10,13-14H,6-9,11H2,1-3H3,(H,18,19)/t13-/m0/s1. The summed E-state index contributed by atoms with van der Waals surface area (Å²) in [6.45, 7) is 6.18. The van der Waals surface area contributed by atoms with Gasteiger partial charge in [0, 0.05) is 25.7 Å². The molecule has 0 aromatic heterocycles. The molecule has 116 valence electrons. The first kappa shape index (κ1) is 15.8. The molecule has 2 rings (SSSR count). The first-order valence-electron chi connectivity index (χ1n) is 7.60. The van der Waals surface area contributed by atoms with Crippen molar-refractivity contribution >= 4 is 5.91 Å². The van der Waals surface area contributed by atoms with Crippen LogP contribution in [0.5, 0.6) is 5.75 Å². The largest absolute Gasteiger partial charge is 0.497 e. The molecule has 1 heterocycles. The highest BCUT2D eigenvalue weighted by molar-refractivity contribution is 5.78. The molecule has 0 unspecified atom stereocenters. The zero-order valence-electron chi connectivity index (χ0n) is 13.1. The maximum atomic E-state index is 12.3. The van der Waals surface area contributed by atoms with Crippen LogP contribution in [-0.2, 0) is 16.1 Å². The zero-order valence-corrected chi connectivity index (χ0v) is 13.1. The Bertz CT molecular complexity index is 481. The van der Waals surface area contributed by atoms with Crippen molar-refractivity contribution in [1.82, 2.24) is 5.32 Å². The van der Waals surface area contributed by atoms with E-state index in [0.717, 1.165) is 42.9 Å². The molecule has 1 saturated heterocycles. The summed E-state index contributed by atoms with van der Waals surface area (Å²) in [7, 11) is 1.66. The molecule has 0 saturated carbocycles. The maximum absolute atomic E-state index is 12.3. The van der Waals surface area contributed by atoms with Crippen LogP contribution in [0.25, 0.3) is 0 Å². The van der Waals surface area contributed by atoms with E-state index in [9.17, 15) is 4.79 Å². The molecule has 0 aliphatic carbocycles. The molecule has 1 aliphatic rings. The van der Waals surface area contributed by atoms with Crippen molar-refractivity contribution in [3.63, 3.8) is 0 Å². The lowest BCUT2D eigenvalue weighted by atomic mass is 9.87. The summed E-state index contributed by atoms with van der Waals surface area (Å²) in [5.74, 6) is 1.47. The van der Waals surface area contributed by atoms with Crippen molar-refractivity contribution in [2.24, 2.45) is 11.8 Å². The number of benzene rings is 1. The van der Waals surface area contributed by atoms with Crippen molar-refractivity contribution in [2.75, 3.05) is 20.3 Å². The Morgan fingerprint density at radius 1 is 1.43 bits per heavy atom. The van der Waals surface area contributed by atoms with E-state index in [1.807, 2.05) is 32.0 Å². The quantitative estimate of drug-likeness (QED) is 0.907. The van der Waals surface area contributed by atoms with Gasteiger partial charge in [0.2, 0.25) is 5.91 Å². The van der Waals surface area contributed by atoms with Crippen molar-refractivity contribution < 1.29 is 14.3 Å². The minimum Gasteiger partial charge on any atom is -0.497 e. The van der Waals surface area contributed by atoms with Crippen LogP contribution in [0.1, 0.15) is 30.9 Å². The van der Waals surface area contributed by atoms with Crippen molar-refractivity contribution in [1.29, 1.82) is 0 Å². The van der Waals surface area contributed by atoms with E-state index in [4.69, 9.17) is 9.47 Å². The van der Waals surface area contributed by atoms with Gasteiger partial charge in [-0.25, -0.2) is 0 Å². The molecule has 1 aliphatic heterocycles. The van der Waals surface area contributed by atoms with E-state index < -0.39 is 0 Å². The van der Waals surface area contributed by atoms with Crippen LogP contribution in [0, 0.1) is 18.8 Å². The zero-order chi connectivity index (χ0) is 15.2. The Kier molecular flexibility index (Phi) is 5.62. The number of nitrogens with one attached hydrogen (secondary N) is 1. The summed E-state index contributed by atoms with van der Waals surface area (Å²) >= 11 is 0. The fourth-order valence-electron chi connectivity index (χ4n) is 2.77. The van der Waals surface area contributed by atoms with Crippen LogP contribution >= 0.6 is 0 Å². The monoisotopic (exact) mass is 291 g/mol. The van der Waals surface area contributed by atoms with Gasteiger partial charge in [-0.1, -0.05) is 13.0 Å². The number of amides is 1. The van der Waals surface area contributed by atoms with Crippen molar-refractivity contribution in [3.05, 3.63) is 29.3 Å². The minimum absolute atomic E-state index is 0.0486. The summed E-state index contributed by atoms with van der Waals surface area (Å²) in [5.41, 5.74) is 2.26. The van der Waals surface area contributed by atoms with E-state index in [1.54, 1.807) is 7.11 Å². The maximum Gasteiger partial charge on any atom is 0.223 e. The lowest BCUT2D eigenvalue weighted by molar-refractivity contribution is -0.127. The van der Waals surface area contributed by atoms with Gasteiger partial charge in [-0.2, -0.15) is 0 Å². The number of hydrogen-bond acceptors (Lipinski definition) is 3. The van der Waals surface area contributed by atoms with E-state index in [1.165, 1.54) is 0 Å². The molecule has 0 spiro atoms. The average Bonchev–Trinajstić information content (AvgIpc) is 2.53. The lowest BCUT2D eigenvalue weighted by Crippen LogP contribution is -2.35. The first-order valence-corrected chi connectivity index (χ1v) is 7.60. The molecule has 0 radical (unpaired) electrons. The third kappa shape index (κ3) is 4.21. The molecule has 1 aromatic rings. The smallest absolute Gasteiger partial charge is 0.223 e. The van der Waals surface area contributed by atoms with E-state index in [2.05, 4.69) is 5.32 Å². The fraction of sp³-hybridized carbons (Fsp3) is 0.588. The third-order valence-electron chi connectivity index (χ3n) is 4.39. The summed E-state index contributed by atoms with van der Waals surface area (Å²) in [6, 6.07) is 5.92. The van der Waals surface area contributed by atoms with E-state index in [-0.39, 0.29) is 11.8 Å². The van der Waals surface area contributed by atoms with Gasteiger partial charge in [0.05, 0.1) is 7.11 Å². The normalized spacial score (nSPS) is 17.3. The van der Waals surface area contributed by atoms with Crippen molar-refractivity contribution in [2.45, 2.75) is 33.2 Å². The molecule has 1 N–H and O–H groups in total. The molecule has 21 heavy (non-hydrogen) atoms. The SMILES string of the molecule is COc1ccc(CNC(=O)[C@@H](C)C2CCOCC2)c(C)c1. The van der Waals surface area contributed by atoms with Gasteiger partial charge >= 0.3 is 0 Å². The highest BCUT2D eigenvalue weighted by Gasteiger charge is 2.25. The van der Waals surface area contributed by atoms with Crippen LogP contribution < -0.4 is 10.1 Å². The predicted molar refractivity (Wildman–Crippen MR) is 82.3 cm³/mol. The average molecular weight is 291 g/mol. The van der Waals surface area contributed by atoms with Crippen LogP contribution in [0.4, 0.5) is 0 Å². The van der Waals surface area contributed by atoms with E-state index >= 15 is 0 Å². The second kappa shape index (κ2) is 7.46. The second-order valence-corrected chi connectivity index (χ2v) is 5.75. The van der Waals surface area contributed by atoms with Gasteiger partial charge in [-0.3, -0.25) is 4.79 Å². The summed E-state index contributed by atoms with van der Waals surface area (Å²) in [5, 5.41) is 3.05. The summed E-state index contributed by atoms with van der Waals surface area (Å²) in [4.78, 5) is 12.3. The molecular weight excluding hydrogens is 266 g/mol. The second-order valence-electron chi connectivity index (χ2n) is 5.75. The van der Waals surface area contributed by atoms with Gasteiger partial charge in [-0.05, 0) is 48.9 Å². The Hall–Kier alpha value is -1.55. The van der Waals surface area contributed by atoms with Crippen molar-refractivity contribution in [3.8, 4) is 5.75 Å². The number of carbonyl (C=O) groups is 1. The Morgan fingerprint density at radius 2 is 2.14 bits per heavy atom. The highest BCUT2D eigenvalue weighted by Crippen LogP contribution is 2.24. The van der Waals surface area contributed by atoms with Gasteiger partial charge in [0.15, 0.2) is 0 Å². The molecule has 1 fully saturated rings. The molecule has 1 aromatic carbocycles. The topological polar surface area (TPSA) is 47.6 Å². The molecule has 0 bridgehead atoms. The molecular formula is C17H25NO3. The number of rotatable bonds is 5. The van der Waals surface area contributed by atoms with Gasteiger partial charge in [0.1, 0.15) is 5.75 Å². The molecule has 4 heteroatoms. The number of hydrogen-bond donors (Lipinski definition) is 1. The first-order chi connectivity index (χ1) is 10.1. The van der Waals surface area contributed by atoms with Gasteiger partial charge in [0.25, 0.3) is 0 Å². The summed E-state index contributed by atoms with van der Waals surface area (Å²) in [6.07, 6.45) is 1.96. The van der Waals surface area contributed by atoms with Gasteiger partial charge < -0.3 is 14.8 Å². The number of ether oxygens (including phenoxy) is 2. The lowest BCUT2D eigenvalue weighted by Gasteiger charge is -2.27. The molecule has 4 nitrogen and oxygen atoms in total. The van der Waals surface area contributed by atoms with Crippen LogP contribution in [0.3, 0.4) is 0 Å². The number of aryl methyl sites for hydroxylation is 1. The Morgan fingerprint density at radius 3 is 2.76 bits per heavy atom. The Balaban J connectivity index is 1.88. The summed E-state index contributed by atoms with van der Waals surface area (Å²) < 4.78 is 10.5.